The molecule has 1 fully saturated rings. The molecule has 1 aromatic carbocycles. The maximum atomic E-state index is 6.10. The first-order valence-corrected chi connectivity index (χ1v) is 7.51. The number of ether oxygens (including phenoxy) is 3. The quantitative estimate of drug-likeness (QED) is 0.823. The fourth-order valence-electron chi connectivity index (χ4n) is 2.91. The highest BCUT2D eigenvalue weighted by Crippen LogP contribution is 2.34. The molecule has 112 valence electrons. The van der Waals surface area contributed by atoms with Crippen LogP contribution in [0.15, 0.2) is 30.3 Å². The van der Waals surface area contributed by atoms with Gasteiger partial charge in [0.15, 0.2) is 6.29 Å². The van der Waals surface area contributed by atoms with Crippen molar-refractivity contribution >= 4 is 0 Å². The molecule has 3 heteroatoms. The van der Waals surface area contributed by atoms with Crippen LogP contribution in [0.5, 0.6) is 0 Å². The lowest BCUT2D eigenvalue weighted by molar-refractivity contribution is -0.274. The van der Waals surface area contributed by atoms with Crippen molar-refractivity contribution in [2.24, 2.45) is 11.8 Å². The molecular formula is C17H26O3. The summed E-state index contributed by atoms with van der Waals surface area (Å²) in [6, 6.07) is 10.2. The summed E-state index contributed by atoms with van der Waals surface area (Å²) in [4.78, 5) is 0. The first kappa shape index (κ1) is 15.5. The van der Waals surface area contributed by atoms with Gasteiger partial charge in [0.05, 0.1) is 12.7 Å². The Morgan fingerprint density at radius 2 is 1.80 bits per heavy atom. The molecule has 0 bridgehead atoms. The van der Waals surface area contributed by atoms with E-state index in [9.17, 15) is 0 Å². The SMILES string of the molecule is CCC1OC(OC)C(OCc2ccccc2)C(C)C1C. The summed E-state index contributed by atoms with van der Waals surface area (Å²) >= 11 is 0. The molecule has 0 aliphatic carbocycles. The Morgan fingerprint density at radius 3 is 2.40 bits per heavy atom. The Kier molecular flexibility index (Phi) is 5.58. The van der Waals surface area contributed by atoms with Gasteiger partial charge in [-0.3, -0.25) is 0 Å². The molecule has 2 rings (SSSR count). The van der Waals surface area contributed by atoms with Crippen LogP contribution in [0.2, 0.25) is 0 Å². The second kappa shape index (κ2) is 7.21. The molecule has 1 aliphatic heterocycles. The van der Waals surface area contributed by atoms with E-state index in [1.54, 1.807) is 7.11 Å². The van der Waals surface area contributed by atoms with E-state index in [0.29, 0.717) is 18.4 Å². The fourth-order valence-corrected chi connectivity index (χ4v) is 2.91. The summed E-state index contributed by atoms with van der Waals surface area (Å²) in [5, 5.41) is 0. The predicted molar refractivity (Wildman–Crippen MR) is 79.3 cm³/mol. The maximum absolute atomic E-state index is 6.10. The van der Waals surface area contributed by atoms with E-state index in [4.69, 9.17) is 14.2 Å². The molecule has 5 unspecified atom stereocenters. The van der Waals surface area contributed by atoms with E-state index < -0.39 is 0 Å². The third kappa shape index (κ3) is 3.40. The Balaban J connectivity index is 2.01. The van der Waals surface area contributed by atoms with Gasteiger partial charge >= 0.3 is 0 Å². The minimum absolute atomic E-state index is 0.0157. The lowest BCUT2D eigenvalue weighted by atomic mass is 9.82. The molecule has 0 aromatic heterocycles. The Hall–Kier alpha value is -0.900. The van der Waals surface area contributed by atoms with Crippen molar-refractivity contribution in [2.75, 3.05) is 7.11 Å². The lowest BCUT2D eigenvalue weighted by Gasteiger charge is -2.43. The molecule has 1 aliphatic rings. The van der Waals surface area contributed by atoms with Gasteiger partial charge in [-0.05, 0) is 23.8 Å². The molecule has 0 radical (unpaired) electrons. The molecular weight excluding hydrogens is 252 g/mol. The monoisotopic (exact) mass is 278 g/mol. The fraction of sp³-hybridized carbons (Fsp3) is 0.647. The van der Waals surface area contributed by atoms with Gasteiger partial charge in [0.25, 0.3) is 0 Å². The van der Waals surface area contributed by atoms with Gasteiger partial charge in [0.2, 0.25) is 0 Å². The summed E-state index contributed by atoms with van der Waals surface area (Å²) in [5.74, 6) is 0.898. The molecule has 1 aromatic rings. The van der Waals surface area contributed by atoms with Gasteiger partial charge in [-0.2, -0.15) is 0 Å². The predicted octanol–water partition coefficient (Wildman–Crippen LogP) is 3.63. The average molecular weight is 278 g/mol. The summed E-state index contributed by atoms with van der Waals surface area (Å²) in [5.41, 5.74) is 1.18. The summed E-state index contributed by atoms with van der Waals surface area (Å²) in [6.45, 7) is 7.23. The van der Waals surface area contributed by atoms with Crippen LogP contribution >= 0.6 is 0 Å². The third-order valence-corrected chi connectivity index (χ3v) is 4.43. The van der Waals surface area contributed by atoms with Crippen LogP contribution in [-0.4, -0.2) is 25.6 Å². The molecule has 0 saturated carbocycles. The highest BCUT2D eigenvalue weighted by Gasteiger charge is 2.41. The van der Waals surface area contributed by atoms with E-state index in [1.807, 2.05) is 18.2 Å². The van der Waals surface area contributed by atoms with Gasteiger partial charge in [0, 0.05) is 7.11 Å². The average Bonchev–Trinajstić information content (AvgIpc) is 2.49. The largest absolute Gasteiger partial charge is 0.368 e. The van der Waals surface area contributed by atoms with Crippen LogP contribution in [0.1, 0.15) is 32.8 Å². The van der Waals surface area contributed by atoms with Crippen LogP contribution in [0.4, 0.5) is 0 Å². The maximum Gasteiger partial charge on any atom is 0.183 e. The zero-order valence-corrected chi connectivity index (χ0v) is 12.9. The number of hydrogen-bond donors (Lipinski definition) is 0. The number of benzene rings is 1. The molecule has 0 spiro atoms. The van der Waals surface area contributed by atoms with Crippen molar-refractivity contribution in [2.45, 2.75) is 52.3 Å². The van der Waals surface area contributed by atoms with E-state index in [1.165, 1.54) is 5.56 Å². The highest BCUT2D eigenvalue weighted by molar-refractivity contribution is 5.13. The molecule has 0 N–H and O–H groups in total. The van der Waals surface area contributed by atoms with E-state index in [-0.39, 0.29) is 18.5 Å². The van der Waals surface area contributed by atoms with Crippen LogP contribution in [-0.2, 0) is 20.8 Å². The minimum Gasteiger partial charge on any atom is -0.368 e. The first-order valence-electron chi connectivity index (χ1n) is 7.51. The second-order valence-corrected chi connectivity index (χ2v) is 5.67. The normalized spacial score (nSPS) is 34.1. The van der Waals surface area contributed by atoms with Gasteiger partial charge in [-0.15, -0.1) is 0 Å². The lowest BCUT2D eigenvalue weighted by Crippen LogP contribution is -2.50. The summed E-state index contributed by atoms with van der Waals surface area (Å²) in [6.07, 6.45) is 0.982. The molecule has 20 heavy (non-hydrogen) atoms. The third-order valence-electron chi connectivity index (χ3n) is 4.43. The minimum atomic E-state index is -0.269. The number of methoxy groups -OCH3 is 1. The second-order valence-electron chi connectivity index (χ2n) is 5.67. The van der Waals surface area contributed by atoms with Crippen molar-refractivity contribution in [3.05, 3.63) is 35.9 Å². The number of hydrogen-bond acceptors (Lipinski definition) is 3. The van der Waals surface area contributed by atoms with Gasteiger partial charge in [-0.1, -0.05) is 51.1 Å². The van der Waals surface area contributed by atoms with Crippen LogP contribution in [0.3, 0.4) is 0 Å². The van der Waals surface area contributed by atoms with Gasteiger partial charge in [0.1, 0.15) is 6.10 Å². The smallest absolute Gasteiger partial charge is 0.183 e. The van der Waals surface area contributed by atoms with Crippen molar-refractivity contribution in [3.8, 4) is 0 Å². The van der Waals surface area contributed by atoms with Gasteiger partial charge in [-0.25, -0.2) is 0 Å². The number of rotatable bonds is 5. The topological polar surface area (TPSA) is 27.7 Å². The zero-order valence-electron chi connectivity index (χ0n) is 12.9. The zero-order chi connectivity index (χ0) is 14.5. The summed E-state index contributed by atoms with van der Waals surface area (Å²) in [7, 11) is 1.69. The van der Waals surface area contributed by atoms with Crippen LogP contribution < -0.4 is 0 Å². The van der Waals surface area contributed by atoms with Crippen molar-refractivity contribution < 1.29 is 14.2 Å². The van der Waals surface area contributed by atoms with E-state index >= 15 is 0 Å². The molecule has 0 amide bonds. The van der Waals surface area contributed by atoms with Gasteiger partial charge < -0.3 is 14.2 Å². The molecule has 5 atom stereocenters. The van der Waals surface area contributed by atoms with Crippen molar-refractivity contribution in [1.29, 1.82) is 0 Å². The Labute approximate surface area is 122 Å². The van der Waals surface area contributed by atoms with Crippen LogP contribution in [0.25, 0.3) is 0 Å². The van der Waals surface area contributed by atoms with E-state index in [2.05, 4.69) is 32.9 Å². The Morgan fingerprint density at radius 1 is 1.10 bits per heavy atom. The molecule has 1 saturated heterocycles. The van der Waals surface area contributed by atoms with E-state index in [0.717, 1.165) is 6.42 Å². The highest BCUT2D eigenvalue weighted by atomic mass is 16.7. The molecule has 3 nitrogen and oxygen atoms in total. The van der Waals surface area contributed by atoms with Crippen molar-refractivity contribution in [3.63, 3.8) is 0 Å². The molecule has 1 heterocycles. The summed E-state index contributed by atoms with van der Waals surface area (Å²) < 4.78 is 17.6. The van der Waals surface area contributed by atoms with Crippen molar-refractivity contribution in [1.82, 2.24) is 0 Å². The standard InChI is InChI=1S/C17H26O3/c1-5-15-12(2)13(3)16(17(18-4)20-15)19-11-14-9-7-6-8-10-14/h6-10,12-13,15-17H,5,11H2,1-4H3. The Bertz CT molecular complexity index is 390. The van der Waals surface area contributed by atoms with Crippen LogP contribution in [0, 0.1) is 11.8 Å². The first-order chi connectivity index (χ1) is 9.67.